The topological polar surface area (TPSA) is 84.1 Å². The maximum Gasteiger partial charge on any atom is 0.277 e. The third-order valence-electron chi connectivity index (χ3n) is 2.20. The van der Waals surface area contributed by atoms with E-state index in [0.29, 0.717) is 11.0 Å². The lowest BCUT2D eigenvalue weighted by Crippen LogP contribution is -2.49. The van der Waals surface area contributed by atoms with Gasteiger partial charge in [0.2, 0.25) is 0 Å². The molecular formula is C8H10ClN5O3S. The van der Waals surface area contributed by atoms with Gasteiger partial charge in [-0.2, -0.15) is 0 Å². The van der Waals surface area contributed by atoms with Crippen LogP contribution in [0.4, 0.5) is 0 Å². The number of nitrogens with zero attached hydrogens (tertiary/aromatic N) is 5. The molecule has 10 heteroatoms. The summed E-state index contributed by atoms with van der Waals surface area (Å²) < 4.78 is 5.71. The molecule has 0 bridgehead atoms. The van der Waals surface area contributed by atoms with E-state index in [9.17, 15) is 10.1 Å². The Labute approximate surface area is 112 Å². The fourth-order valence-corrected chi connectivity index (χ4v) is 2.30. The Morgan fingerprint density at radius 2 is 2.50 bits per heavy atom. The van der Waals surface area contributed by atoms with Crippen LogP contribution < -0.4 is 0 Å². The van der Waals surface area contributed by atoms with E-state index < -0.39 is 5.03 Å². The number of thiazole rings is 1. The minimum absolute atomic E-state index is 0.228. The van der Waals surface area contributed by atoms with E-state index in [0.717, 1.165) is 5.69 Å². The Morgan fingerprint density at radius 1 is 1.72 bits per heavy atom. The van der Waals surface area contributed by atoms with Gasteiger partial charge in [-0.25, -0.2) is 15.1 Å². The first-order valence-electron chi connectivity index (χ1n) is 4.93. The van der Waals surface area contributed by atoms with Gasteiger partial charge < -0.3 is 14.5 Å². The number of ether oxygens (including phenoxy) is 1. The van der Waals surface area contributed by atoms with Gasteiger partial charge in [0.05, 0.1) is 12.2 Å². The first-order valence-corrected chi connectivity index (χ1v) is 6.19. The van der Waals surface area contributed by atoms with E-state index in [-0.39, 0.29) is 19.4 Å². The number of hydrogen-bond donors (Lipinski definition) is 0. The van der Waals surface area contributed by atoms with Crippen molar-refractivity contribution in [1.82, 2.24) is 14.8 Å². The molecule has 1 saturated heterocycles. The van der Waals surface area contributed by atoms with Crippen LogP contribution in [0, 0.1) is 10.1 Å². The van der Waals surface area contributed by atoms with Crippen LogP contribution in [-0.4, -0.2) is 46.3 Å². The highest BCUT2D eigenvalue weighted by Gasteiger charge is 2.25. The van der Waals surface area contributed by atoms with Gasteiger partial charge in [-0.05, 0) is 0 Å². The standard InChI is InChI=1S/C8H10ClN5O3S/c1-12-4-17-5-13(8(12)11-14(15)16)2-6-3-18-7(9)10-6/h3H,2,4-5H2,1H3/b11-8+. The van der Waals surface area contributed by atoms with Crippen molar-refractivity contribution in [1.29, 1.82) is 0 Å². The molecule has 0 spiro atoms. The maximum absolute atomic E-state index is 10.5. The van der Waals surface area contributed by atoms with Crippen LogP contribution in [0.15, 0.2) is 10.5 Å². The van der Waals surface area contributed by atoms with Crippen molar-refractivity contribution in [2.24, 2.45) is 5.10 Å². The number of rotatable bonds is 3. The highest BCUT2D eigenvalue weighted by molar-refractivity contribution is 7.13. The second kappa shape index (κ2) is 5.46. The fourth-order valence-electron chi connectivity index (χ4n) is 1.52. The summed E-state index contributed by atoms with van der Waals surface area (Å²) in [5.41, 5.74) is 0.722. The van der Waals surface area contributed by atoms with Gasteiger partial charge >= 0.3 is 0 Å². The number of guanidine groups is 1. The zero-order valence-corrected chi connectivity index (χ0v) is 11.0. The predicted octanol–water partition coefficient (Wildman–Crippen LogP) is 1.02. The molecule has 98 valence electrons. The largest absolute Gasteiger partial charge is 0.341 e. The number of nitro groups is 1. The van der Waals surface area contributed by atoms with Gasteiger partial charge in [0.25, 0.3) is 5.96 Å². The van der Waals surface area contributed by atoms with Gasteiger partial charge in [0, 0.05) is 12.4 Å². The SMILES string of the molecule is CN1COCN(Cc2csc(Cl)n2)/C1=N/[N+](=O)[O-]. The van der Waals surface area contributed by atoms with Crippen molar-refractivity contribution in [2.75, 3.05) is 20.5 Å². The summed E-state index contributed by atoms with van der Waals surface area (Å²) in [5.74, 6) is 0.246. The zero-order chi connectivity index (χ0) is 13.1. The molecule has 0 aromatic carbocycles. The van der Waals surface area contributed by atoms with Gasteiger partial charge in [-0.1, -0.05) is 11.6 Å². The molecule has 0 atom stereocenters. The summed E-state index contributed by atoms with van der Waals surface area (Å²) in [5, 5.41) is 14.9. The van der Waals surface area contributed by atoms with Crippen molar-refractivity contribution in [2.45, 2.75) is 6.54 Å². The van der Waals surface area contributed by atoms with Crippen molar-refractivity contribution in [3.63, 3.8) is 0 Å². The Kier molecular flexibility index (Phi) is 3.94. The molecule has 0 radical (unpaired) electrons. The fraction of sp³-hybridized carbons (Fsp3) is 0.500. The molecule has 8 nitrogen and oxygen atoms in total. The summed E-state index contributed by atoms with van der Waals surface area (Å²) in [7, 11) is 1.67. The van der Waals surface area contributed by atoms with Crippen LogP contribution in [0.25, 0.3) is 0 Å². The summed E-state index contributed by atoms with van der Waals surface area (Å²) in [6, 6.07) is 0. The van der Waals surface area contributed by atoms with Crippen molar-refractivity contribution >= 4 is 28.9 Å². The second-order valence-electron chi connectivity index (χ2n) is 3.59. The molecule has 2 rings (SSSR count). The van der Waals surface area contributed by atoms with E-state index in [1.165, 1.54) is 11.3 Å². The van der Waals surface area contributed by atoms with E-state index in [4.69, 9.17) is 16.3 Å². The number of halogens is 1. The smallest absolute Gasteiger partial charge is 0.277 e. The minimum atomic E-state index is -0.724. The van der Waals surface area contributed by atoms with Crippen LogP contribution in [0.2, 0.25) is 4.47 Å². The molecule has 1 aromatic heterocycles. The molecule has 1 fully saturated rings. The van der Waals surface area contributed by atoms with Crippen molar-refractivity contribution < 1.29 is 9.77 Å². The van der Waals surface area contributed by atoms with E-state index in [1.54, 1.807) is 22.2 Å². The Hall–Kier alpha value is -1.45. The van der Waals surface area contributed by atoms with Crippen LogP contribution in [0.3, 0.4) is 0 Å². The number of hydrazone groups is 1. The summed E-state index contributed by atoms with van der Waals surface area (Å²) in [4.78, 5) is 17.8. The average Bonchev–Trinajstić information content (AvgIpc) is 2.69. The Morgan fingerprint density at radius 3 is 3.11 bits per heavy atom. The molecule has 18 heavy (non-hydrogen) atoms. The third kappa shape index (κ3) is 3.06. The highest BCUT2D eigenvalue weighted by Crippen LogP contribution is 2.17. The number of aromatic nitrogens is 1. The molecule has 1 aromatic rings. The van der Waals surface area contributed by atoms with E-state index in [2.05, 4.69) is 10.1 Å². The van der Waals surface area contributed by atoms with Crippen LogP contribution in [0.1, 0.15) is 5.69 Å². The van der Waals surface area contributed by atoms with Gasteiger partial charge in [0.1, 0.15) is 18.6 Å². The quantitative estimate of drug-likeness (QED) is 0.611. The van der Waals surface area contributed by atoms with E-state index >= 15 is 0 Å². The summed E-state index contributed by atoms with van der Waals surface area (Å²) in [6.45, 7) is 0.855. The molecule has 1 aliphatic heterocycles. The predicted molar refractivity (Wildman–Crippen MR) is 65.7 cm³/mol. The first kappa shape index (κ1) is 13.0. The molecule has 0 amide bonds. The van der Waals surface area contributed by atoms with E-state index in [1.807, 2.05) is 0 Å². The lowest BCUT2D eigenvalue weighted by Gasteiger charge is -2.34. The molecule has 0 saturated carbocycles. The highest BCUT2D eigenvalue weighted by atomic mass is 35.5. The molecule has 0 aliphatic carbocycles. The van der Waals surface area contributed by atoms with Gasteiger partial charge in [0.15, 0.2) is 9.50 Å². The maximum atomic E-state index is 10.5. The molecule has 0 unspecified atom stereocenters. The average molecular weight is 292 g/mol. The molecule has 1 aliphatic rings. The summed E-state index contributed by atoms with van der Waals surface area (Å²) in [6.07, 6.45) is 0. The van der Waals surface area contributed by atoms with Crippen LogP contribution in [-0.2, 0) is 11.3 Å². The van der Waals surface area contributed by atoms with Crippen LogP contribution in [0.5, 0.6) is 0 Å². The lowest BCUT2D eigenvalue weighted by atomic mass is 10.4. The normalized spacial score (nSPS) is 18.4. The Bertz CT molecular complexity index is 479. The number of hydrogen-bond acceptors (Lipinski definition) is 5. The molecule has 2 heterocycles. The first-order chi connectivity index (χ1) is 8.56. The van der Waals surface area contributed by atoms with Gasteiger partial charge in [-0.15, -0.1) is 11.3 Å². The summed E-state index contributed by atoms with van der Waals surface area (Å²) >= 11 is 7.04. The third-order valence-corrected chi connectivity index (χ3v) is 3.23. The van der Waals surface area contributed by atoms with Crippen molar-refractivity contribution in [3.8, 4) is 0 Å². The Balaban J connectivity index is 2.15. The molecule has 0 N–H and O–H groups in total. The monoisotopic (exact) mass is 291 g/mol. The van der Waals surface area contributed by atoms with Gasteiger partial charge in [-0.3, -0.25) is 0 Å². The minimum Gasteiger partial charge on any atom is -0.341 e. The molecular weight excluding hydrogens is 282 g/mol. The van der Waals surface area contributed by atoms with Crippen molar-refractivity contribution in [3.05, 3.63) is 25.7 Å². The van der Waals surface area contributed by atoms with Crippen LogP contribution >= 0.6 is 22.9 Å². The second-order valence-corrected chi connectivity index (χ2v) is 5.03. The zero-order valence-electron chi connectivity index (χ0n) is 9.45. The lowest BCUT2D eigenvalue weighted by molar-refractivity contribution is -0.486.